The van der Waals surface area contributed by atoms with Crippen LogP contribution in [0.15, 0.2) is 48.5 Å². The summed E-state index contributed by atoms with van der Waals surface area (Å²) >= 11 is 5.99. The summed E-state index contributed by atoms with van der Waals surface area (Å²) in [5.41, 5.74) is 2.62. The Balaban J connectivity index is 0.00000166. The molecule has 2 aromatic carbocycles. The van der Waals surface area contributed by atoms with Crippen molar-refractivity contribution in [3.63, 3.8) is 0 Å². The molecule has 164 valence electrons. The Kier molecular flexibility index (Phi) is 9.09. The number of hydrogen-bond acceptors (Lipinski definition) is 5. The van der Waals surface area contributed by atoms with E-state index >= 15 is 0 Å². The molecule has 0 spiro atoms. The van der Waals surface area contributed by atoms with Gasteiger partial charge in [0.15, 0.2) is 6.29 Å². The summed E-state index contributed by atoms with van der Waals surface area (Å²) in [5.74, 6) is 0.0178. The third-order valence-corrected chi connectivity index (χ3v) is 4.90. The van der Waals surface area contributed by atoms with Crippen LogP contribution in [0.5, 0.6) is 0 Å². The van der Waals surface area contributed by atoms with E-state index in [9.17, 15) is 9.18 Å². The van der Waals surface area contributed by atoms with E-state index in [1.54, 1.807) is 12.1 Å². The van der Waals surface area contributed by atoms with Gasteiger partial charge in [0.25, 0.3) is 0 Å². The van der Waals surface area contributed by atoms with Gasteiger partial charge in [-0.25, -0.2) is 14.4 Å². The molecule has 0 radical (unpaired) electrons. The third-order valence-electron chi connectivity index (χ3n) is 4.73. The number of benzene rings is 2. The number of aldehydes is 1. The molecule has 0 unspecified atom stereocenters. The van der Waals surface area contributed by atoms with Crippen LogP contribution in [0.2, 0.25) is 5.28 Å². The van der Waals surface area contributed by atoms with Crippen molar-refractivity contribution in [3.8, 4) is 11.1 Å². The van der Waals surface area contributed by atoms with Crippen molar-refractivity contribution in [1.29, 1.82) is 0 Å². The molecule has 3 aromatic rings. The molecule has 7 heteroatoms. The smallest absolute Gasteiger partial charge is 0.225 e. The fraction of sp³-hybridized carbons (Fsp3) is 0.292. The van der Waals surface area contributed by atoms with E-state index in [4.69, 9.17) is 11.6 Å². The summed E-state index contributed by atoms with van der Waals surface area (Å²) < 4.78 is 14.7. The van der Waals surface area contributed by atoms with Crippen molar-refractivity contribution in [2.45, 2.75) is 40.3 Å². The molecule has 1 aromatic heterocycles. The van der Waals surface area contributed by atoms with Gasteiger partial charge in [0.2, 0.25) is 5.28 Å². The van der Waals surface area contributed by atoms with E-state index in [1.807, 2.05) is 70.0 Å². The Hall–Kier alpha value is -2.83. The SMILES string of the molecule is CC.CC(C)N(C)Cc1c(C=O)nc(Cl)nc1Nc1ccc(-c2ccccc2)c(F)c1. The van der Waals surface area contributed by atoms with Crippen LogP contribution in [-0.4, -0.2) is 34.2 Å². The van der Waals surface area contributed by atoms with E-state index in [1.165, 1.54) is 6.07 Å². The molecule has 3 rings (SSSR count). The summed E-state index contributed by atoms with van der Waals surface area (Å²) in [6.45, 7) is 8.53. The lowest BCUT2D eigenvalue weighted by atomic mass is 10.0. The van der Waals surface area contributed by atoms with Crippen molar-refractivity contribution < 1.29 is 9.18 Å². The van der Waals surface area contributed by atoms with Gasteiger partial charge in [-0.3, -0.25) is 9.69 Å². The van der Waals surface area contributed by atoms with Crippen LogP contribution in [0.3, 0.4) is 0 Å². The Bertz CT molecular complexity index is 1010. The molecule has 1 N–H and O–H groups in total. The molecule has 5 nitrogen and oxygen atoms in total. The van der Waals surface area contributed by atoms with Crippen LogP contribution in [-0.2, 0) is 6.54 Å². The van der Waals surface area contributed by atoms with Gasteiger partial charge >= 0.3 is 0 Å². The van der Waals surface area contributed by atoms with Crippen molar-refractivity contribution in [2.24, 2.45) is 0 Å². The molecule has 0 fully saturated rings. The predicted octanol–water partition coefficient (Wildman–Crippen LogP) is 6.36. The van der Waals surface area contributed by atoms with E-state index in [2.05, 4.69) is 15.3 Å². The van der Waals surface area contributed by atoms with Crippen LogP contribution in [0.4, 0.5) is 15.9 Å². The second-order valence-electron chi connectivity index (χ2n) is 7.02. The highest BCUT2D eigenvalue weighted by molar-refractivity contribution is 6.28. The topological polar surface area (TPSA) is 58.1 Å². The van der Waals surface area contributed by atoms with Crippen molar-refractivity contribution in [2.75, 3.05) is 12.4 Å². The molecule has 0 aliphatic heterocycles. The van der Waals surface area contributed by atoms with Gasteiger partial charge in [0, 0.05) is 29.4 Å². The number of rotatable bonds is 7. The van der Waals surface area contributed by atoms with E-state index in [0.29, 0.717) is 35.5 Å². The second kappa shape index (κ2) is 11.5. The van der Waals surface area contributed by atoms with Crippen LogP contribution in [0, 0.1) is 5.82 Å². The lowest BCUT2D eigenvalue weighted by Crippen LogP contribution is -2.27. The van der Waals surface area contributed by atoms with Crippen molar-refractivity contribution in [1.82, 2.24) is 14.9 Å². The Morgan fingerprint density at radius 2 is 1.81 bits per heavy atom. The van der Waals surface area contributed by atoms with Crippen LogP contribution < -0.4 is 5.32 Å². The molecule has 0 aliphatic carbocycles. The standard InChI is InChI=1S/C22H22ClFN4O.C2H6/c1-14(2)28(3)12-18-20(13-29)26-22(23)27-21(18)25-16-9-10-17(19(24)11-16)15-7-5-4-6-8-15;1-2/h4-11,13-14H,12H2,1-3H3,(H,25,26,27);1-2H3. The van der Waals surface area contributed by atoms with Gasteiger partial charge in [-0.05, 0) is 56.3 Å². The highest BCUT2D eigenvalue weighted by Gasteiger charge is 2.17. The number of carbonyl (C=O) groups excluding carboxylic acids is 1. The fourth-order valence-corrected chi connectivity index (χ4v) is 3.02. The Morgan fingerprint density at radius 3 is 2.39 bits per heavy atom. The Labute approximate surface area is 188 Å². The lowest BCUT2D eigenvalue weighted by Gasteiger charge is -2.23. The van der Waals surface area contributed by atoms with Gasteiger partial charge in [-0.1, -0.05) is 44.2 Å². The third kappa shape index (κ3) is 6.32. The molecule has 0 bridgehead atoms. The minimum atomic E-state index is -0.363. The largest absolute Gasteiger partial charge is 0.340 e. The first-order chi connectivity index (χ1) is 14.9. The van der Waals surface area contributed by atoms with Gasteiger partial charge < -0.3 is 5.32 Å². The first-order valence-corrected chi connectivity index (χ1v) is 10.6. The normalized spacial score (nSPS) is 10.6. The zero-order chi connectivity index (χ0) is 23.0. The molecule has 0 amide bonds. The number of carbonyl (C=O) groups is 1. The number of halogens is 2. The van der Waals surface area contributed by atoms with Gasteiger partial charge in [-0.2, -0.15) is 0 Å². The zero-order valence-corrected chi connectivity index (χ0v) is 19.2. The molecule has 31 heavy (non-hydrogen) atoms. The van der Waals surface area contributed by atoms with E-state index in [0.717, 1.165) is 5.56 Å². The minimum absolute atomic E-state index is 0.0491. The van der Waals surface area contributed by atoms with E-state index in [-0.39, 0.29) is 22.8 Å². The maximum Gasteiger partial charge on any atom is 0.225 e. The number of nitrogens with one attached hydrogen (secondary N) is 1. The summed E-state index contributed by atoms with van der Waals surface area (Å²) in [6, 6.07) is 14.4. The minimum Gasteiger partial charge on any atom is -0.340 e. The summed E-state index contributed by atoms with van der Waals surface area (Å²) in [4.78, 5) is 21.8. The molecular formula is C24H28ClFN4O. The molecule has 1 heterocycles. The van der Waals surface area contributed by atoms with Crippen LogP contribution in [0.1, 0.15) is 43.7 Å². The van der Waals surface area contributed by atoms with Gasteiger partial charge in [0.05, 0.1) is 0 Å². The van der Waals surface area contributed by atoms with Crippen LogP contribution >= 0.6 is 11.6 Å². The Morgan fingerprint density at radius 1 is 1.13 bits per heavy atom. The average molecular weight is 443 g/mol. The first-order valence-electron chi connectivity index (χ1n) is 10.2. The predicted molar refractivity (Wildman–Crippen MR) is 125 cm³/mol. The van der Waals surface area contributed by atoms with Crippen molar-refractivity contribution in [3.05, 3.63) is 70.9 Å². The van der Waals surface area contributed by atoms with Crippen molar-refractivity contribution >= 4 is 29.4 Å². The van der Waals surface area contributed by atoms with Crippen LogP contribution in [0.25, 0.3) is 11.1 Å². The summed E-state index contributed by atoms with van der Waals surface area (Å²) in [5, 5.41) is 3.04. The van der Waals surface area contributed by atoms with E-state index < -0.39 is 0 Å². The molecule has 0 saturated carbocycles. The second-order valence-corrected chi connectivity index (χ2v) is 7.36. The number of hydrogen-bond donors (Lipinski definition) is 1. The summed E-state index contributed by atoms with van der Waals surface area (Å²) in [6.07, 6.45) is 0.654. The first kappa shape index (κ1) is 24.4. The quantitative estimate of drug-likeness (QED) is 0.341. The number of aromatic nitrogens is 2. The highest BCUT2D eigenvalue weighted by atomic mass is 35.5. The number of nitrogens with zero attached hydrogens (tertiary/aromatic N) is 3. The average Bonchev–Trinajstić information content (AvgIpc) is 2.77. The fourth-order valence-electron chi connectivity index (χ4n) is 2.84. The van der Waals surface area contributed by atoms with Gasteiger partial charge in [0.1, 0.15) is 17.3 Å². The molecule has 0 saturated heterocycles. The maximum absolute atomic E-state index is 14.7. The molecular weight excluding hydrogens is 415 g/mol. The summed E-state index contributed by atoms with van der Waals surface area (Å²) in [7, 11) is 1.94. The van der Waals surface area contributed by atoms with Gasteiger partial charge in [-0.15, -0.1) is 0 Å². The maximum atomic E-state index is 14.7. The monoisotopic (exact) mass is 442 g/mol. The number of anilines is 2. The molecule has 0 atom stereocenters. The zero-order valence-electron chi connectivity index (χ0n) is 18.5. The highest BCUT2D eigenvalue weighted by Crippen LogP contribution is 2.28. The molecule has 0 aliphatic rings. The lowest BCUT2D eigenvalue weighted by molar-refractivity contribution is 0.111.